The molecule has 0 spiro atoms. The minimum absolute atomic E-state index is 0.274. The predicted molar refractivity (Wildman–Crippen MR) is 124 cm³/mol. The van der Waals surface area contributed by atoms with Crippen molar-refractivity contribution in [2.24, 2.45) is 0 Å². The molecule has 3 aromatic rings. The van der Waals surface area contributed by atoms with E-state index in [1.54, 1.807) is 0 Å². The van der Waals surface area contributed by atoms with Crippen LogP contribution in [0.4, 0.5) is 0 Å². The molecular weight excluding hydrogens is 472 g/mol. The molecular formula is C25H25BrN2O4. The summed E-state index contributed by atoms with van der Waals surface area (Å²) < 4.78 is 0.958. The third-order valence-electron chi connectivity index (χ3n) is 6.92. The van der Waals surface area contributed by atoms with Crippen molar-refractivity contribution < 1.29 is 19.8 Å². The Hall–Kier alpha value is -2.80. The van der Waals surface area contributed by atoms with Crippen LogP contribution < -0.4 is 0 Å². The average molecular weight is 497 g/mol. The van der Waals surface area contributed by atoms with Gasteiger partial charge in [0.2, 0.25) is 0 Å². The molecule has 0 unspecified atom stereocenters. The fourth-order valence-electron chi connectivity index (χ4n) is 5.52. The summed E-state index contributed by atoms with van der Waals surface area (Å²) in [6.45, 7) is 0. The monoisotopic (exact) mass is 496 g/mol. The second-order valence-electron chi connectivity index (χ2n) is 8.75. The standard InChI is InChI=1S/C25H25BrN2O4/c26-14-11-9-13(10-12-14)19(20-15-5-1-3-7-17(15)22(27-20)24(29)30)21-16-6-2-4-8-18(16)23(28-21)25(31)32/h9-12,19,27-28H,1-8H2,(H,29,30)(H,31,32). The number of carboxylic acid groups (broad SMARTS) is 2. The third-order valence-corrected chi connectivity index (χ3v) is 7.45. The van der Waals surface area contributed by atoms with Crippen molar-refractivity contribution in [1.82, 2.24) is 9.97 Å². The first kappa shape index (κ1) is 21.1. The smallest absolute Gasteiger partial charge is 0.352 e. The maximum atomic E-state index is 12.0. The van der Waals surface area contributed by atoms with Gasteiger partial charge in [-0.2, -0.15) is 0 Å². The van der Waals surface area contributed by atoms with E-state index in [0.717, 1.165) is 95.0 Å². The zero-order valence-electron chi connectivity index (χ0n) is 17.6. The molecule has 0 radical (unpaired) electrons. The Morgan fingerprint density at radius 1 is 0.719 bits per heavy atom. The number of halogens is 1. The minimum atomic E-state index is -0.941. The van der Waals surface area contributed by atoms with Crippen molar-refractivity contribution in [2.45, 2.75) is 57.3 Å². The minimum Gasteiger partial charge on any atom is -0.477 e. The molecule has 0 amide bonds. The van der Waals surface area contributed by atoms with Crippen molar-refractivity contribution in [3.8, 4) is 0 Å². The lowest BCUT2D eigenvalue weighted by atomic mass is 9.82. The highest BCUT2D eigenvalue weighted by atomic mass is 79.9. The van der Waals surface area contributed by atoms with Gasteiger partial charge in [0.15, 0.2) is 0 Å². The zero-order valence-corrected chi connectivity index (χ0v) is 19.2. The van der Waals surface area contributed by atoms with Gasteiger partial charge in [-0.1, -0.05) is 28.1 Å². The van der Waals surface area contributed by atoms with Crippen LogP contribution in [0, 0.1) is 0 Å². The van der Waals surface area contributed by atoms with Crippen molar-refractivity contribution in [3.63, 3.8) is 0 Å². The van der Waals surface area contributed by atoms with Gasteiger partial charge in [-0.05, 0) is 91.3 Å². The number of hydrogen-bond donors (Lipinski definition) is 4. The summed E-state index contributed by atoms with van der Waals surface area (Å²) >= 11 is 3.50. The van der Waals surface area contributed by atoms with E-state index in [4.69, 9.17) is 0 Å². The summed E-state index contributed by atoms with van der Waals surface area (Å²) in [4.78, 5) is 30.6. The van der Waals surface area contributed by atoms with Gasteiger partial charge in [-0.3, -0.25) is 0 Å². The van der Waals surface area contributed by atoms with Crippen molar-refractivity contribution in [2.75, 3.05) is 0 Å². The summed E-state index contributed by atoms with van der Waals surface area (Å²) in [5.41, 5.74) is 7.28. The largest absolute Gasteiger partial charge is 0.477 e. The van der Waals surface area contributed by atoms with Crippen LogP contribution in [-0.2, 0) is 25.7 Å². The molecule has 0 bridgehead atoms. The lowest BCUT2D eigenvalue weighted by molar-refractivity contribution is 0.0679. The third kappa shape index (κ3) is 3.48. The lowest BCUT2D eigenvalue weighted by Gasteiger charge is -2.23. The fourth-order valence-corrected chi connectivity index (χ4v) is 5.78. The molecule has 7 heteroatoms. The summed E-state index contributed by atoms with van der Waals surface area (Å²) in [7, 11) is 0. The van der Waals surface area contributed by atoms with Gasteiger partial charge in [-0.25, -0.2) is 9.59 Å². The Labute approximate surface area is 194 Å². The van der Waals surface area contributed by atoms with Gasteiger partial charge in [-0.15, -0.1) is 0 Å². The molecule has 0 atom stereocenters. The van der Waals surface area contributed by atoms with E-state index in [2.05, 4.69) is 25.9 Å². The highest BCUT2D eigenvalue weighted by molar-refractivity contribution is 9.10. The average Bonchev–Trinajstić information content (AvgIpc) is 3.36. The Kier molecular flexibility index (Phi) is 5.45. The molecule has 166 valence electrons. The van der Waals surface area contributed by atoms with Crippen LogP contribution in [0.25, 0.3) is 0 Å². The second kappa shape index (κ2) is 8.28. The van der Waals surface area contributed by atoms with Crippen molar-refractivity contribution >= 4 is 27.9 Å². The summed E-state index contributed by atoms with van der Waals surface area (Å²) in [6, 6.07) is 8.01. The predicted octanol–water partition coefficient (Wildman–Crippen LogP) is 5.44. The zero-order chi connectivity index (χ0) is 22.4. The lowest BCUT2D eigenvalue weighted by Crippen LogP contribution is -2.12. The first-order chi connectivity index (χ1) is 15.5. The maximum absolute atomic E-state index is 12.0. The molecule has 0 saturated carbocycles. The van der Waals surface area contributed by atoms with Gasteiger partial charge < -0.3 is 20.2 Å². The van der Waals surface area contributed by atoms with E-state index in [1.807, 2.05) is 24.3 Å². The number of hydrogen-bond acceptors (Lipinski definition) is 2. The van der Waals surface area contributed by atoms with Crippen molar-refractivity contribution in [3.05, 3.63) is 79.3 Å². The van der Waals surface area contributed by atoms with Gasteiger partial charge in [0.1, 0.15) is 11.4 Å². The van der Waals surface area contributed by atoms with Crippen LogP contribution in [0.5, 0.6) is 0 Å². The van der Waals surface area contributed by atoms with Crippen LogP contribution in [-0.4, -0.2) is 32.1 Å². The molecule has 1 aromatic carbocycles. The number of rotatable bonds is 5. The van der Waals surface area contributed by atoms with Crippen LogP contribution >= 0.6 is 15.9 Å². The number of carboxylic acids is 2. The first-order valence-electron chi connectivity index (χ1n) is 11.1. The van der Waals surface area contributed by atoms with E-state index in [0.29, 0.717) is 0 Å². The SMILES string of the molecule is O=C(O)c1[nH]c(C(c2ccc(Br)cc2)c2[nH]c(C(=O)O)c3c2CCCC3)c2c1CCCC2. The summed E-state index contributed by atoms with van der Waals surface area (Å²) in [5, 5.41) is 19.7. The Morgan fingerprint density at radius 2 is 1.12 bits per heavy atom. The van der Waals surface area contributed by atoms with Gasteiger partial charge in [0, 0.05) is 15.9 Å². The van der Waals surface area contributed by atoms with E-state index >= 15 is 0 Å². The molecule has 2 aliphatic carbocycles. The summed E-state index contributed by atoms with van der Waals surface area (Å²) in [6.07, 6.45) is 7.17. The number of H-pyrrole nitrogens is 2. The van der Waals surface area contributed by atoms with E-state index in [-0.39, 0.29) is 17.3 Å². The van der Waals surface area contributed by atoms with Crippen LogP contribution in [0.2, 0.25) is 0 Å². The fraction of sp³-hybridized carbons (Fsp3) is 0.360. The van der Waals surface area contributed by atoms with Crippen LogP contribution in [0.1, 0.15) is 91.8 Å². The van der Waals surface area contributed by atoms with E-state index in [9.17, 15) is 19.8 Å². The van der Waals surface area contributed by atoms with E-state index in [1.165, 1.54) is 0 Å². The highest BCUT2D eigenvalue weighted by Crippen LogP contribution is 2.42. The molecule has 0 saturated heterocycles. The summed E-state index contributed by atoms with van der Waals surface area (Å²) in [5.74, 6) is -2.16. The number of fused-ring (bicyclic) bond motifs is 2. The van der Waals surface area contributed by atoms with Crippen LogP contribution in [0.15, 0.2) is 28.7 Å². The quantitative estimate of drug-likeness (QED) is 0.377. The van der Waals surface area contributed by atoms with Crippen molar-refractivity contribution in [1.29, 1.82) is 0 Å². The second-order valence-corrected chi connectivity index (χ2v) is 9.67. The first-order valence-corrected chi connectivity index (χ1v) is 11.9. The molecule has 0 fully saturated rings. The molecule has 2 aliphatic rings. The molecule has 32 heavy (non-hydrogen) atoms. The highest BCUT2D eigenvalue weighted by Gasteiger charge is 2.34. The van der Waals surface area contributed by atoms with Gasteiger partial charge >= 0.3 is 11.9 Å². The Bertz CT molecular complexity index is 1130. The Balaban J connectivity index is 1.77. The number of nitrogens with one attached hydrogen (secondary N) is 2. The number of aromatic carboxylic acids is 2. The molecule has 0 aliphatic heterocycles. The number of aromatic amines is 2. The van der Waals surface area contributed by atoms with Crippen LogP contribution in [0.3, 0.4) is 0 Å². The van der Waals surface area contributed by atoms with E-state index < -0.39 is 11.9 Å². The number of benzene rings is 1. The topological polar surface area (TPSA) is 106 Å². The number of aromatic nitrogens is 2. The maximum Gasteiger partial charge on any atom is 0.352 e. The number of carbonyl (C=O) groups is 2. The Morgan fingerprint density at radius 3 is 1.53 bits per heavy atom. The van der Waals surface area contributed by atoms with Gasteiger partial charge in [0.05, 0.1) is 5.92 Å². The van der Waals surface area contributed by atoms with Gasteiger partial charge in [0.25, 0.3) is 0 Å². The molecule has 6 nitrogen and oxygen atoms in total. The molecule has 2 heterocycles. The normalized spacial score (nSPS) is 15.4. The molecule has 5 rings (SSSR count). The molecule has 2 aromatic heterocycles. The molecule has 4 N–H and O–H groups in total.